The van der Waals surface area contributed by atoms with Crippen LogP contribution in [0.5, 0.6) is 0 Å². The van der Waals surface area contributed by atoms with Crippen LogP contribution in [0, 0.1) is 0 Å². The van der Waals surface area contributed by atoms with Crippen molar-refractivity contribution in [3.63, 3.8) is 0 Å². The number of benzene rings is 2. The summed E-state index contributed by atoms with van der Waals surface area (Å²) < 4.78 is 3.88. The van der Waals surface area contributed by atoms with E-state index in [1.54, 1.807) is 49.4 Å². The predicted molar refractivity (Wildman–Crippen MR) is 168 cm³/mol. The van der Waals surface area contributed by atoms with Crippen molar-refractivity contribution in [2.24, 2.45) is 0 Å². The number of carbonyl (C=O) groups excluding carboxylic acids is 2. The van der Waals surface area contributed by atoms with Crippen molar-refractivity contribution in [3.8, 4) is 11.1 Å². The summed E-state index contributed by atoms with van der Waals surface area (Å²) in [6.07, 6.45) is 6.42. The highest BCUT2D eigenvalue weighted by molar-refractivity contribution is 6.58. The first-order valence-electron chi connectivity index (χ1n) is 14.3. The molecule has 2 amide bonds. The number of hydrogen-bond acceptors (Lipinski definition) is 6. The molecular formula is C32H36B2Br2N4O6. The molecule has 2 aromatic heterocycles. The largest absolute Gasteiger partial charge is 1.00 e. The van der Waals surface area contributed by atoms with Crippen LogP contribution in [0.25, 0.3) is 11.1 Å². The number of aromatic nitrogens is 2. The van der Waals surface area contributed by atoms with Gasteiger partial charge >= 0.3 is 20.1 Å². The molecule has 0 fully saturated rings. The Labute approximate surface area is 290 Å². The molecule has 0 saturated heterocycles. The Bertz CT molecular complexity index is 1620. The van der Waals surface area contributed by atoms with Crippen molar-refractivity contribution in [2.75, 3.05) is 13.1 Å². The zero-order chi connectivity index (χ0) is 31.6. The molecule has 6 N–H and O–H groups in total. The summed E-state index contributed by atoms with van der Waals surface area (Å²) in [7, 11) is -3.07. The molecule has 0 unspecified atom stereocenters. The molecule has 240 valence electrons. The van der Waals surface area contributed by atoms with Crippen LogP contribution < -0.4 is 64.7 Å². The second-order valence-electron chi connectivity index (χ2n) is 10.6. The van der Waals surface area contributed by atoms with Crippen LogP contribution in [0.1, 0.15) is 35.0 Å². The SMILES string of the molecule is C=C(C)C(=O)NCCCNC(=O)c1ccc(-c2ccc[n+](Cc3ccc(B(O)O)cc3)c2)c[n+]1Cc1ccc(B(O)O)cc1.[Br-].[Br-]. The predicted octanol–water partition coefficient (Wildman–Crippen LogP) is -6.80. The van der Waals surface area contributed by atoms with Gasteiger partial charge in [0.25, 0.3) is 5.69 Å². The van der Waals surface area contributed by atoms with Crippen molar-refractivity contribution in [3.05, 3.63) is 120 Å². The first-order chi connectivity index (χ1) is 21.1. The molecule has 0 aliphatic heterocycles. The Morgan fingerprint density at radius 3 is 1.85 bits per heavy atom. The van der Waals surface area contributed by atoms with Gasteiger partial charge in [0, 0.05) is 41.9 Å². The summed E-state index contributed by atoms with van der Waals surface area (Å²) in [4.78, 5) is 24.9. The van der Waals surface area contributed by atoms with Crippen LogP contribution in [0.15, 0.2) is 104 Å². The Hall–Kier alpha value is -3.65. The molecule has 2 heterocycles. The fraction of sp³-hybridized carbons (Fsp3) is 0.188. The van der Waals surface area contributed by atoms with E-state index >= 15 is 0 Å². The first kappa shape index (κ1) is 38.5. The summed E-state index contributed by atoms with van der Waals surface area (Å²) in [5, 5.41) is 43.3. The minimum atomic E-state index is -1.56. The summed E-state index contributed by atoms with van der Waals surface area (Å²) in [5.74, 6) is -0.476. The smallest absolute Gasteiger partial charge is 0.488 e. The maximum absolute atomic E-state index is 13.2. The molecular weight excluding hydrogens is 718 g/mol. The van der Waals surface area contributed by atoms with Gasteiger partial charge in [0.2, 0.25) is 5.91 Å². The van der Waals surface area contributed by atoms with E-state index in [0.717, 1.165) is 22.3 Å². The van der Waals surface area contributed by atoms with Crippen LogP contribution in [-0.4, -0.2) is 59.2 Å². The van der Waals surface area contributed by atoms with Crippen LogP contribution in [0.3, 0.4) is 0 Å². The molecule has 0 atom stereocenters. The Kier molecular flexibility index (Phi) is 15.5. The molecule has 46 heavy (non-hydrogen) atoms. The second kappa shape index (κ2) is 18.5. The molecule has 0 aliphatic rings. The van der Waals surface area contributed by atoms with Crippen LogP contribution in [-0.2, 0) is 17.9 Å². The number of rotatable bonds is 13. The van der Waals surface area contributed by atoms with Gasteiger partial charge in [0.05, 0.1) is 11.1 Å². The van der Waals surface area contributed by atoms with Crippen LogP contribution in [0.4, 0.5) is 0 Å². The van der Waals surface area contributed by atoms with E-state index < -0.39 is 14.2 Å². The average Bonchev–Trinajstić information content (AvgIpc) is 3.01. The molecule has 0 bridgehead atoms. The molecule has 0 spiro atoms. The molecule has 0 radical (unpaired) electrons. The van der Waals surface area contributed by atoms with Crippen molar-refractivity contribution < 1.29 is 72.8 Å². The molecule has 0 saturated carbocycles. The van der Waals surface area contributed by atoms with E-state index in [2.05, 4.69) is 17.2 Å². The highest BCUT2D eigenvalue weighted by atomic mass is 79.9. The van der Waals surface area contributed by atoms with Gasteiger partial charge in [-0.15, -0.1) is 0 Å². The number of amides is 2. The molecule has 0 aliphatic carbocycles. The monoisotopic (exact) mass is 752 g/mol. The van der Waals surface area contributed by atoms with E-state index in [1.807, 2.05) is 58.1 Å². The third kappa shape index (κ3) is 11.0. The molecule has 2 aromatic carbocycles. The standard InChI is InChI=1S/C32H34B2N4O6.2BrH/c1-23(2)31(39)35-16-4-17-36-32(40)30-15-10-27(22-38(30)20-25-8-13-29(14-9-25)34(43)44)26-5-3-18-37(21-26)19-24-6-11-28(12-7-24)33(41)42;;/h3,5-15,18,21-22,41-44H,1,4,16-17,19-20H2,2H3;2*1H. The van der Waals surface area contributed by atoms with Crippen molar-refractivity contribution in [2.45, 2.75) is 26.4 Å². The van der Waals surface area contributed by atoms with Crippen molar-refractivity contribution in [1.82, 2.24) is 10.6 Å². The third-order valence-electron chi connectivity index (χ3n) is 7.04. The normalized spacial score (nSPS) is 10.2. The van der Waals surface area contributed by atoms with Crippen LogP contribution in [0.2, 0.25) is 0 Å². The number of hydrogen-bond donors (Lipinski definition) is 6. The third-order valence-corrected chi connectivity index (χ3v) is 7.04. The number of pyridine rings is 2. The Balaban J connectivity index is 0.00000368. The van der Waals surface area contributed by atoms with Crippen LogP contribution >= 0.6 is 0 Å². The lowest BCUT2D eigenvalue weighted by atomic mass is 9.80. The van der Waals surface area contributed by atoms with Gasteiger partial charge in [-0.25, -0.2) is 4.57 Å². The van der Waals surface area contributed by atoms with E-state index in [9.17, 15) is 29.7 Å². The maximum Gasteiger partial charge on any atom is 0.488 e. The summed E-state index contributed by atoms with van der Waals surface area (Å²) in [6, 6.07) is 21.5. The van der Waals surface area contributed by atoms with E-state index in [0.29, 0.717) is 54.8 Å². The van der Waals surface area contributed by atoms with Gasteiger partial charge in [-0.1, -0.05) is 55.1 Å². The fourth-order valence-electron chi connectivity index (χ4n) is 4.58. The highest BCUT2D eigenvalue weighted by Gasteiger charge is 2.22. The minimum Gasteiger partial charge on any atom is -1.00 e. The Morgan fingerprint density at radius 1 is 0.739 bits per heavy atom. The zero-order valence-corrected chi connectivity index (χ0v) is 28.5. The van der Waals surface area contributed by atoms with Gasteiger partial charge in [0.15, 0.2) is 31.7 Å². The molecule has 4 rings (SSSR count). The maximum atomic E-state index is 13.2. The topological polar surface area (TPSA) is 147 Å². The average molecular weight is 754 g/mol. The van der Waals surface area contributed by atoms with E-state index in [4.69, 9.17) is 0 Å². The number of nitrogens with one attached hydrogen (secondary N) is 2. The fourth-order valence-corrected chi connectivity index (χ4v) is 4.58. The summed E-state index contributed by atoms with van der Waals surface area (Å²) in [6.45, 7) is 6.97. The summed E-state index contributed by atoms with van der Waals surface area (Å²) in [5.41, 5.74) is 5.36. The minimum absolute atomic E-state index is 0. The van der Waals surface area contributed by atoms with Gasteiger partial charge < -0.3 is 64.7 Å². The van der Waals surface area contributed by atoms with Gasteiger partial charge in [0.1, 0.15) is 0 Å². The lowest BCUT2D eigenvalue weighted by molar-refractivity contribution is -0.690. The summed E-state index contributed by atoms with van der Waals surface area (Å²) >= 11 is 0. The lowest BCUT2D eigenvalue weighted by Crippen LogP contribution is -3.00. The van der Waals surface area contributed by atoms with Gasteiger partial charge in [-0.05, 0) is 36.4 Å². The van der Waals surface area contributed by atoms with E-state index in [1.165, 1.54) is 0 Å². The number of halogens is 2. The highest BCUT2D eigenvalue weighted by Crippen LogP contribution is 2.17. The van der Waals surface area contributed by atoms with Gasteiger partial charge in [-0.2, -0.15) is 4.57 Å². The first-order valence-corrected chi connectivity index (χ1v) is 14.3. The number of nitrogens with zero attached hydrogens (tertiary/aromatic N) is 2. The molecule has 4 aromatic rings. The molecule has 14 heteroatoms. The van der Waals surface area contributed by atoms with Crippen molar-refractivity contribution >= 4 is 37.0 Å². The zero-order valence-electron chi connectivity index (χ0n) is 25.3. The Morgan fingerprint density at radius 2 is 1.28 bits per heavy atom. The second-order valence-corrected chi connectivity index (χ2v) is 10.6. The number of carbonyl (C=O) groups is 2. The lowest BCUT2D eigenvalue weighted by Gasteiger charge is -2.09. The molecule has 10 nitrogen and oxygen atoms in total. The van der Waals surface area contributed by atoms with E-state index in [-0.39, 0.29) is 45.8 Å². The van der Waals surface area contributed by atoms with Gasteiger partial charge in [-0.3, -0.25) is 9.59 Å². The van der Waals surface area contributed by atoms with Crippen molar-refractivity contribution in [1.29, 1.82) is 0 Å². The quantitative estimate of drug-likeness (QED) is 0.0347.